The van der Waals surface area contributed by atoms with Gasteiger partial charge in [-0.05, 0) is 36.1 Å². The summed E-state index contributed by atoms with van der Waals surface area (Å²) in [5, 5.41) is 0. The van der Waals surface area contributed by atoms with Gasteiger partial charge < -0.3 is 4.57 Å². The average Bonchev–Trinajstić information content (AvgIpc) is 2.82. The largest absolute Gasteiger partial charge is 0.309 e. The lowest BCUT2D eigenvalue weighted by Crippen LogP contribution is -1.97. The van der Waals surface area contributed by atoms with Crippen LogP contribution in [0, 0.1) is 0 Å². The third-order valence-electron chi connectivity index (χ3n) is 2.82. The minimum atomic E-state index is 0.594. The Balaban J connectivity index is 2.25. The van der Waals surface area contributed by atoms with Crippen molar-refractivity contribution in [3.8, 4) is 5.82 Å². The van der Waals surface area contributed by atoms with Gasteiger partial charge in [-0.2, -0.15) is 0 Å². The van der Waals surface area contributed by atoms with Crippen molar-refractivity contribution in [2.45, 2.75) is 26.2 Å². The molecule has 2 rings (SSSR count). The van der Waals surface area contributed by atoms with E-state index in [0.29, 0.717) is 5.92 Å². The molecule has 0 aliphatic heterocycles. The van der Waals surface area contributed by atoms with Gasteiger partial charge in [-0.15, -0.1) is 0 Å². The van der Waals surface area contributed by atoms with E-state index in [1.807, 2.05) is 35.3 Å². The van der Waals surface area contributed by atoms with Crippen LogP contribution < -0.4 is 0 Å². The number of aromatic nitrogens is 2. The molecule has 2 nitrogen and oxygen atoms in total. The van der Waals surface area contributed by atoms with Crippen LogP contribution in [0.25, 0.3) is 5.82 Å². The summed E-state index contributed by atoms with van der Waals surface area (Å²) >= 11 is 0. The minimum Gasteiger partial charge on any atom is -0.309 e. The first-order valence-electron chi connectivity index (χ1n) is 5.40. The highest BCUT2D eigenvalue weighted by molar-refractivity contribution is 5.27. The highest BCUT2D eigenvalue weighted by Gasteiger charge is 2.03. The third-order valence-corrected chi connectivity index (χ3v) is 2.82. The van der Waals surface area contributed by atoms with Gasteiger partial charge in [-0.3, -0.25) is 0 Å². The van der Waals surface area contributed by atoms with Crippen molar-refractivity contribution in [3.05, 3.63) is 48.4 Å². The lowest BCUT2D eigenvalue weighted by molar-refractivity contribution is 0.728. The Morgan fingerprint density at radius 1 is 1.27 bits per heavy atom. The summed E-state index contributed by atoms with van der Waals surface area (Å²) in [5.74, 6) is 1.57. The fourth-order valence-electron chi connectivity index (χ4n) is 1.56. The summed E-state index contributed by atoms with van der Waals surface area (Å²) in [6.45, 7) is 4.43. The van der Waals surface area contributed by atoms with E-state index in [0.717, 1.165) is 12.2 Å². The molecule has 0 saturated carbocycles. The molecule has 1 unspecified atom stereocenters. The molecule has 0 amide bonds. The first kappa shape index (κ1) is 9.97. The zero-order valence-electron chi connectivity index (χ0n) is 9.22. The first-order valence-corrected chi connectivity index (χ1v) is 5.40. The van der Waals surface area contributed by atoms with Gasteiger partial charge in [-0.1, -0.05) is 19.9 Å². The smallest absolute Gasteiger partial charge is 0.136 e. The van der Waals surface area contributed by atoms with E-state index in [1.54, 1.807) is 0 Å². The lowest BCUT2D eigenvalue weighted by atomic mass is 10.0. The van der Waals surface area contributed by atoms with Crippen LogP contribution in [0.3, 0.4) is 0 Å². The van der Waals surface area contributed by atoms with E-state index in [9.17, 15) is 0 Å². The Hall–Kier alpha value is -1.57. The lowest BCUT2D eigenvalue weighted by Gasteiger charge is -2.09. The van der Waals surface area contributed by atoms with Gasteiger partial charge in [0.15, 0.2) is 0 Å². The van der Waals surface area contributed by atoms with Crippen molar-refractivity contribution in [2.75, 3.05) is 0 Å². The summed E-state index contributed by atoms with van der Waals surface area (Å²) in [7, 11) is 0. The molecular formula is C13H16N2. The molecule has 0 fully saturated rings. The summed E-state index contributed by atoms with van der Waals surface area (Å²) < 4.78 is 2.01. The van der Waals surface area contributed by atoms with Gasteiger partial charge in [0.05, 0.1) is 0 Å². The highest BCUT2D eigenvalue weighted by Crippen LogP contribution is 2.18. The Bertz CT molecular complexity index is 401. The molecule has 15 heavy (non-hydrogen) atoms. The third kappa shape index (κ3) is 2.09. The van der Waals surface area contributed by atoms with E-state index in [4.69, 9.17) is 0 Å². The highest BCUT2D eigenvalue weighted by atomic mass is 15.0. The van der Waals surface area contributed by atoms with Crippen molar-refractivity contribution >= 4 is 0 Å². The van der Waals surface area contributed by atoms with Crippen LogP contribution in [0.15, 0.2) is 42.9 Å². The van der Waals surface area contributed by atoms with Gasteiger partial charge in [0.1, 0.15) is 5.82 Å². The molecule has 0 spiro atoms. The standard InChI is InChI=1S/C13H16N2/c1-3-11(2)12-6-7-13(14-10-12)15-8-4-5-9-15/h4-11H,3H2,1-2H3. The summed E-state index contributed by atoms with van der Waals surface area (Å²) in [5.41, 5.74) is 1.31. The predicted molar refractivity (Wildman–Crippen MR) is 62.3 cm³/mol. The van der Waals surface area contributed by atoms with Gasteiger partial charge in [0, 0.05) is 18.6 Å². The van der Waals surface area contributed by atoms with E-state index < -0.39 is 0 Å². The second-order valence-corrected chi connectivity index (χ2v) is 3.85. The topological polar surface area (TPSA) is 17.8 Å². The zero-order valence-corrected chi connectivity index (χ0v) is 9.22. The first-order chi connectivity index (χ1) is 7.31. The fourth-order valence-corrected chi connectivity index (χ4v) is 1.56. The van der Waals surface area contributed by atoms with Crippen LogP contribution >= 0.6 is 0 Å². The van der Waals surface area contributed by atoms with E-state index in [1.165, 1.54) is 5.56 Å². The molecule has 1 atom stereocenters. The molecule has 0 aliphatic rings. The van der Waals surface area contributed by atoms with Crippen molar-refractivity contribution in [1.82, 2.24) is 9.55 Å². The van der Waals surface area contributed by atoms with Gasteiger partial charge >= 0.3 is 0 Å². The molecule has 2 aromatic rings. The van der Waals surface area contributed by atoms with Crippen molar-refractivity contribution in [3.63, 3.8) is 0 Å². The van der Waals surface area contributed by atoms with Crippen molar-refractivity contribution in [1.29, 1.82) is 0 Å². The van der Waals surface area contributed by atoms with Crippen LogP contribution in [0.2, 0.25) is 0 Å². The molecule has 0 saturated heterocycles. The maximum Gasteiger partial charge on any atom is 0.136 e. The second-order valence-electron chi connectivity index (χ2n) is 3.85. The normalized spacial score (nSPS) is 12.7. The number of pyridine rings is 1. The number of hydrogen-bond acceptors (Lipinski definition) is 1. The van der Waals surface area contributed by atoms with Crippen LogP contribution in [-0.2, 0) is 0 Å². The Morgan fingerprint density at radius 2 is 2.00 bits per heavy atom. The van der Waals surface area contributed by atoms with E-state index in [2.05, 4.69) is 31.0 Å². The zero-order chi connectivity index (χ0) is 10.7. The maximum absolute atomic E-state index is 4.45. The molecule has 0 N–H and O–H groups in total. The molecule has 0 aromatic carbocycles. The van der Waals surface area contributed by atoms with Crippen LogP contribution in [0.4, 0.5) is 0 Å². The molecule has 2 heterocycles. The summed E-state index contributed by atoms with van der Waals surface area (Å²) in [6.07, 6.45) is 7.14. The molecule has 2 aromatic heterocycles. The van der Waals surface area contributed by atoms with Crippen molar-refractivity contribution < 1.29 is 0 Å². The molecule has 0 radical (unpaired) electrons. The Morgan fingerprint density at radius 3 is 2.53 bits per heavy atom. The Kier molecular flexibility index (Phi) is 2.86. The SMILES string of the molecule is CCC(C)c1ccc(-n2cccc2)nc1. The molecule has 78 valence electrons. The van der Waals surface area contributed by atoms with Crippen LogP contribution in [-0.4, -0.2) is 9.55 Å². The average molecular weight is 200 g/mol. The van der Waals surface area contributed by atoms with E-state index in [-0.39, 0.29) is 0 Å². The fraction of sp³-hybridized carbons (Fsp3) is 0.308. The van der Waals surface area contributed by atoms with Gasteiger partial charge in [-0.25, -0.2) is 4.98 Å². The summed E-state index contributed by atoms with van der Waals surface area (Å²) in [4.78, 5) is 4.45. The number of hydrogen-bond donors (Lipinski definition) is 0. The van der Waals surface area contributed by atoms with Gasteiger partial charge in [0.25, 0.3) is 0 Å². The Labute approximate surface area is 90.6 Å². The van der Waals surface area contributed by atoms with Crippen molar-refractivity contribution in [2.24, 2.45) is 0 Å². The molecule has 0 aliphatic carbocycles. The molecule has 2 heteroatoms. The second kappa shape index (κ2) is 4.30. The van der Waals surface area contributed by atoms with Crippen LogP contribution in [0.5, 0.6) is 0 Å². The van der Waals surface area contributed by atoms with E-state index >= 15 is 0 Å². The number of nitrogens with zero attached hydrogens (tertiary/aromatic N) is 2. The molecule has 0 bridgehead atoms. The predicted octanol–water partition coefficient (Wildman–Crippen LogP) is 3.39. The minimum absolute atomic E-state index is 0.594. The monoisotopic (exact) mass is 200 g/mol. The number of rotatable bonds is 3. The molecular weight excluding hydrogens is 184 g/mol. The van der Waals surface area contributed by atoms with Crippen LogP contribution in [0.1, 0.15) is 31.7 Å². The summed E-state index contributed by atoms with van der Waals surface area (Å²) in [6, 6.07) is 8.24. The maximum atomic E-state index is 4.45. The van der Waals surface area contributed by atoms with Gasteiger partial charge in [0.2, 0.25) is 0 Å². The quantitative estimate of drug-likeness (QED) is 0.742.